The predicted octanol–water partition coefficient (Wildman–Crippen LogP) is 2.51. The zero-order valence-corrected chi connectivity index (χ0v) is 14.5. The lowest BCUT2D eigenvalue weighted by Gasteiger charge is -2.07. The number of hydrogen-bond donors (Lipinski definition) is 2. The van der Waals surface area contributed by atoms with Crippen LogP contribution in [0.5, 0.6) is 5.75 Å². The summed E-state index contributed by atoms with van der Waals surface area (Å²) >= 11 is 0. The van der Waals surface area contributed by atoms with E-state index in [1.165, 1.54) is 4.52 Å². The third-order valence-electron chi connectivity index (χ3n) is 4.08. The van der Waals surface area contributed by atoms with Gasteiger partial charge >= 0.3 is 0 Å². The number of nitrogens with one attached hydrogen (secondary N) is 1. The fourth-order valence-corrected chi connectivity index (χ4v) is 2.68. The molecule has 0 radical (unpaired) electrons. The minimum atomic E-state index is -0.248. The monoisotopic (exact) mass is 363 g/mol. The van der Waals surface area contributed by atoms with Crippen molar-refractivity contribution >= 4 is 17.4 Å². The van der Waals surface area contributed by atoms with Crippen LogP contribution in [0.25, 0.3) is 17.2 Å². The Morgan fingerprint density at radius 2 is 2.07 bits per heavy atom. The number of anilines is 1. The van der Waals surface area contributed by atoms with Gasteiger partial charge in [-0.15, -0.1) is 5.10 Å². The lowest BCUT2D eigenvalue weighted by molar-refractivity contribution is 0.0951. The van der Waals surface area contributed by atoms with Crippen LogP contribution in [0.15, 0.2) is 59.2 Å². The van der Waals surface area contributed by atoms with Crippen molar-refractivity contribution in [2.24, 2.45) is 0 Å². The van der Waals surface area contributed by atoms with E-state index >= 15 is 0 Å². The first-order chi connectivity index (χ1) is 13.1. The number of benzene rings is 1. The molecule has 0 aliphatic rings. The summed E-state index contributed by atoms with van der Waals surface area (Å²) in [7, 11) is 1.61. The maximum absolute atomic E-state index is 12.5. The smallest absolute Gasteiger partial charge is 0.251 e. The molecule has 0 bridgehead atoms. The van der Waals surface area contributed by atoms with Crippen LogP contribution >= 0.6 is 0 Å². The van der Waals surface area contributed by atoms with E-state index in [0.29, 0.717) is 35.2 Å². The SMILES string of the molecule is COc1ccc(CNC(=O)c2cc(N)n3nc(-c4ccco4)nc3c2)cc1. The number of pyridine rings is 1. The van der Waals surface area contributed by atoms with E-state index in [0.717, 1.165) is 11.3 Å². The van der Waals surface area contributed by atoms with E-state index in [9.17, 15) is 4.79 Å². The summed E-state index contributed by atoms with van der Waals surface area (Å²) in [4.78, 5) is 16.9. The molecule has 0 saturated heterocycles. The summed E-state index contributed by atoms with van der Waals surface area (Å²) in [6.45, 7) is 0.387. The largest absolute Gasteiger partial charge is 0.497 e. The van der Waals surface area contributed by atoms with Crippen molar-refractivity contribution in [1.82, 2.24) is 19.9 Å². The van der Waals surface area contributed by atoms with Gasteiger partial charge in [0.05, 0.1) is 13.4 Å². The normalized spacial score (nSPS) is 10.9. The Bertz CT molecular complexity index is 1080. The molecule has 0 fully saturated rings. The van der Waals surface area contributed by atoms with Crippen molar-refractivity contribution in [3.05, 3.63) is 65.9 Å². The topological polar surface area (TPSA) is 108 Å². The van der Waals surface area contributed by atoms with Crippen LogP contribution in [0, 0.1) is 0 Å². The van der Waals surface area contributed by atoms with Crippen LogP contribution in [-0.4, -0.2) is 27.6 Å². The van der Waals surface area contributed by atoms with Gasteiger partial charge in [-0.2, -0.15) is 4.52 Å². The number of carbonyl (C=O) groups is 1. The van der Waals surface area contributed by atoms with Gasteiger partial charge in [0.15, 0.2) is 11.4 Å². The molecular formula is C19H17N5O3. The number of hydrogen-bond acceptors (Lipinski definition) is 6. The summed E-state index contributed by atoms with van der Waals surface area (Å²) in [5.74, 6) is 1.77. The molecule has 0 aliphatic heterocycles. The molecule has 0 unspecified atom stereocenters. The molecule has 0 atom stereocenters. The van der Waals surface area contributed by atoms with Gasteiger partial charge in [-0.25, -0.2) is 4.98 Å². The van der Waals surface area contributed by atoms with Crippen molar-refractivity contribution in [2.75, 3.05) is 12.8 Å². The molecule has 0 aliphatic carbocycles. The fourth-order valence-electron chi connectivity index (χ4n) is 2.68. The highest BCUT2D eigenvalue weighted by atomic mass is 16.5. The predicted molar refractivity (Wildman–Crippen MR) is 99.3 cm³/mol. The van der Waals surface area contributed by atoms with Crippen molar-refractivity contribution < 1.29 is 13.9 Å². The van der Waals surface area contributed by atoms with Gasteiger partial charge in [0, 0.05) is 12.1 Å². The van der Waals surface area contributed by atoms with Crippen LogP contribution in [0.1, 0.15) is 15.9 Å². The molecule has 3 aromatic heterocycles. The van der Waals surface area contributed by atoms with Crippen molar-refractivity contribution in [3.63, 3.8) is 0 Å². The molecule has 1 amide bonds. The maximum atomic E-state index is 12.5. The summed E-state index contributed by atoms with van der Waals surface area (Å²) in [5.41, 5.74) is 7.87. The highest BCUT2D eigenvalue weighted by molar-refractivity contribution is 5.95. The van der Waals surface area contributed by atoms with Gasteiger partial charge < -0.3 is 20.2 Å². The molecular weight excluding hydrogens is 346 g/mol. The van der Waals surface area contributed by atoms with Crippen LogP contribution in [-0.2, 0) is 6.54 Å². The molecule has 0 saturated carbocycles. The van der Waals surface area contributed by atoms with Gasteiger partial charge in [-0.1, -0.05) is 12.1 Å². The number of fused-ring (bicyclic) bond motifs is 1. The lowest BCUT2D eigenvalue weighted by Crippen LogP contribution is -2.23. The zero-order valence-electron chi connectivity index (χ0n) is 14.5. The first-order valence-electron chi connectivity index (χ1n) is 8.25. The van der Waals surface area contributed by atoms with E-state index in [1.54, 1.807) is 37.6 Å². The summed E-state index contributed by atoms with van der Waals surface area (Å²) in [5, 5.41) is 7.18. The van der Waals surface area contributed by atoms with Crippen LogP contribution in [0.3, 0.4) is 0 Å². The fraction of sp³-hybridized carbons (Fsp3) is 0.105. The van der Waals surface area contributed by atoms with Gasteiger partial charge in [0.1, 0.15) is 11.6 Å². The number of furan rings is 1. The standard InChI is InChI=1S/C19H17N5O3/c1-26-14-6-4-12(5-7-14)11-21-19(25)13-9-16(20)24-17(10-13)22-18(23-24)15-3-2-8-27-15/h2-10H,11,20H2,1H3,(H,21,25). The Kier molecular flexibility index (Phi) is 4.21. The lowest BCUT2D eigenvalue weighted by atomic mass is 10.2. The van der Waals surface area contributed by atoms with Gasteiger partial charge in [0.2, 0.25) is 5.82 Å². The Hall–Kier alpha value is -3.81. The maximum Gasteiger partial charge on any atom is 0.251 e. The van der Waals surface area contributed by atoms with E-state index in [4.69, 9.17) is 14.9 Å². The zero-order chi connectivity index (χ0) is 18.8. The molecule has 1 aromatic carbocycles. The molecule has 4 rings (SSSR count). The van der Waals surface area contributed by atoms with Crippen molar-refractivity contribution in [1.29, 1.82) is 0 Å². The minimum absolute atomic E-state index is 0.248. The molecule has 136 valence electrons. The van der Waals surface area contributed by atoms with Gasteiger partial charge in [-0.3, -0.25) is 4.79 Å². The van der Waals surface area contributed by atoms with E-state index < -0.39 is 0 Å². The summed E-state index contributed by atoms with van der Waals surface area (Å²) < 4.78 is 11.9. The molecule has 27 heavy (non-hydrogen) atoms. The summed E-state index contributed by atoms with van der Waals surface area (Å²) in [6, 6.07) is 14.2. The number of rotatable bonds is 5. The van der Waals surface area contributed by atoms with Crippen LogP contribution < -0.4 is 15.8 Å². The summed E-state index contributed by atoms with van der Waals surface area (Å²) in [6.07, 6.45) is 1.54. The second-order valence-corrected chi connectivity index (χ2v) is 5.88. The first kappa shape index (κ1) is 16.6. The molecule has 3 N–H and O–H groups in total. The Labute approximate surface area is 154 Å². The number of carbonyl (C=O) groups excluding carboxylic acids is 1. The van der Waals surface area contributed by atoms with E-state index in [2.05, 4.69) is 15.4 Å². The molecule has 8 nitrogen and oxygen atoms in total. The Morgan fingerprint density at radius 1 is 1.26 bits per heavy atom. The quantitative estimate of drug-likeness (QED) is 0.564. The molecule has 4 aromatic rings. The average Bonchev–Trinajstić information content (AvgIpc) is 3.36. The number of methoxy groups -OCH3 is 1. The average molecular weight is 363 g/mol. The van der Waals surface area contributed by atoms with E-state index in [-0.39, 0.29) is 5.91 Å². The third-order valence-corrected chi connectivity index (χ3v) is 4.08. The highest BCUT2D eigenvalue weighted by Crippen LogP contribution is 2.19. The van der Waals surface area contributed by atoms with Crippen LogP contribution in [0.2, 0.25) is 0 Å². The number of nitrogen functional groups attached to an aromatic ring is 1. The number of ether oxygens (including phenoxy) is 1. The van der Waals surface area contributed by atoms with Gasteiger partial charge in [0.25, 0.3) is 5.91 Å². The highest BCUT2D eigenvalue weighted by Gasteiger charge is 2.14. The second kappa shape index (κ2) is 6.83. The molecule has 8 heteroatoms. The molecule has 3 heterocycles. The van der Waals surface area contributed by atoms with Crippen molar-refractivity contribution in [3.8, 4) is 17.3 Å². The Balaban J connectivity index is 1.54. The van der Waals surface area contributed by atoms with Crippen LogP contribution in [0.4, 0.5) is 5.82 Å². The number of nitrogens with zero attached hydrogens (tertiary/aromatic N) is 3. The van der Waals surface area contributed by atoms with E-state index in [1.807, 2.05) is 24.3 Å². The number of aromatic nitrogens is 3. The minimum Gasteiger partial charge on any atom is -0.497 e. The second-order valence-electron chi connectivity index (χ2n) is 5.88. The Morgan fingerprint density at radius 3 is 2.78 bits per heavy atom. The number of nitrogens with two attached hydrogens (primary N) is 1. The number of amides is 1. The molecule has 0 spiro atoms. The third kappa shape index (κ3) is 3.32. The van der Waals surface area contributed by atoms with Gasteiger partial charge in [-0.05, 0) is 42.0 Å². The first-order valence-corrected chi connectivity index (χ1v) is 8.25. The van der Waals surface area contributed by atoms with Crippen molar-refractivity contribution in [2.45, 2.75) is 6.54 Å².